The van der Waals surface area contributed by atoms with Gasteiger partial charge >= 0.3 is 0 Å². The molecule has 24 heavy (non-hydrogen) atoms. The van der Waals surface area contributed by atoms with Gasteiger partial charge in [-0.3, -0.25) is 4.79 Å². The Kier molecular flexibility index (Phi) is 4.12. The zero-order chi connectivity index (χ0) is 16.4. The molecule has 1 N–H and O–H groups in total. The molecule has 0 saturated heterocycles. The molecule has 0 bridgehead atoms. The molecule has 1 aromatic carbocycles. The van der Waals surface area contributed by atoms with Crippen LogP contribution in [0.25, 0.3) is 4.96 Å². The molecule has 1 saturated carbocycles. The molecule has 2 heterocycles. The Morgan fingerprint density at radius 1 is 1.29 bits per heavy atom. The summed E-state index contributed by atoms with van der Waals surface area (Å²) < 4.78 is 7.32. The van der Waals surface area contributed by atoms with Crippen molar-refractivity contribution in [1.82, 2.24) is 25.1 Å². The van der Waals surface area contributed by atoms with Crippen LogP contribution in [0.5, 0.6) is 5.75 Å². The van der Waals surface area contributed by atoms with Crippen LogP contribution in [0.15, 0.2) is 30.3 Å². The number of nitrogens with one attached hydrogen (secondary N) is 1. The van der Waals surface area contributed by atoms with Crippen LogP contribution < -0.4 is 10.1 Å². The third kappa shape index (κ3) is 3.38. The van der Waals surface area contributed by atoms with Gasteiger partial charge in [0.05, 0.1) is 19.6 Å². The van der Waals surface area contributed by atoms with Crippen molar-refractivity contribution in [3.05, 3.63) is 41.2 Å². The molecule has 3 aromatic rings. The number of aromatic nitrogens is 4. The Bertz CT molecular complexity index is 841. The molecule has 1 aliphatic carbocycles. The van der Waals surface area contributed by atoms with Gasteiger partial charge in [0.1, 0.15) is 10.8 Å². The predicted octanol–water partition coefficient (Wildman–Crippen LogP) is 2.15. The number of hydrogen-bond acceptors (Lipinski definition) is 6. The summed E-state index contributed by atoms with van der Waals surface area (Å²) >= 11 is 1.46. The minimum absolute atomic E-state index is 0.0562. The summed E-state index contributed by atoms with van der Waals surface area (Å²) in [7, 11) is 0. The fraction of sp³-hybridized carbons (Fsp3) is 0.375. The molecule has 0 aliphatic heterocycles. The molecular formula is C16H17N5O2S. The maximum absolute atomic E-state index is 11.9. The van der Waals surface area contributed by atoms with E-state index in [1.54, 1.807) is 0 Å². The Hall–Kier alpha value is -2.48. The number of amides is 1. The van der Waals surface area contributed by atoms with Crippen molar-refractivity contribution >= 4 is 22.2 Å². The van der Waals surface area contributed by atoms with Crippen molar-refractivity contribution in [2.45, 2.75) is 31.7 Å². The quantitative estimate of drug-likeness (QED) is 0.711. The van der Waals surface area contributed by atoms with Crippen LogP contribution in [-0.2, 0) is 11.3 Å². The van der Waals surface area contributed by atoms with E-state index < -0.39 is 0 Å². The summed E-state index contributed by atoms with van der Waals surface area (Å²) in [5.74, 6) is 2.15. The van der Waals surface area contributed by atoms with E-state index in [-0.39, 0.29) is 5.91 Å². The number of carbonyl (C=O) groups excluding carboxylic acids is 1. The highest BCUT2D eigenvalue weighted by Gasteiger charge is 2.30. The Morgan fingerprint density at radius 3 is 2.92 bits per heavy atom. The topological polar surface area (TPSA) is 81.4 Å². The van der Waals surface area contributed by atoms with Gasteiger partial charge in [0.15, 0.2) is 5.82 Å². The van der Waals surface area contributed by atoms with E-state index in [4.69, 9.17) is 4.74 Å². The number of fused-ring (bicyclic) bond motifs is 1. The van der Waals surface area contributed by atoms with Crippen LogP contribution >= 0.6 is 11.3 Å². The number of carbonyl (C=O) groups is 1. The molecule has 4 rings (SSSR count). The van der Waals surface area contributed by atoms with E-state index in [2.05, 4.69) is 20.6 Å². The molecule has 124 valence electrons. The average molecular weight is 343 g/mol. The number of rotatable bonds is 7. The number of benzene rings is 1. The summed E-state index contributed by atoms with van der Waals surface area (Å²) in [5.41, 5.74) is 0. The van der Waals surface area contributed by atoms with Gasteiger partial charge in [-0.05, 0) is 25.0 Å². The summed E-state index contributed by atoms with van der Waals surface area (Å²) in [6.45, 7) is 0.759. The molecule has 0 atom stereocenters. The Morgan fingerprint density at radius 2 is 2.12 bits per heavy atom. The zero-order valence-corrected chi connectivity index (χ0v) is 13.8. The molecule has 0 spiro atoms. The van der Waals surface area contributed by atoms with Crippen molar-refractivity contribution in [1.29, 1.82) is 0 Å². The zero-order valence-electron chi connectivity index (χ0n) is 13.0. The van der Waals surface area contributed by atoms with Crippen LogP contribution in [0.3, 0.4) is 0 Å². The normalized spacial score (nSPS) is 14.0. The minimum Gasteiger partial charge on any atom is -0.493 e. The second-order valence-corrected chi connectivity index (χ2v) is 6.75. The van der Waals surface area contributed by atoms with Gasteiger partial charge in [0, 0.05) is 5.92 Å². The molecular weight excluding hydrogens is 326 g/mol. The van der Waals surface area contributed by atoms with E-state index in [1.165, 1.54) is 11.3 Å². The van der Waals surface area contributed by atoms with E-state index >= 15 is 0 Å². The van der Waals surface area contributed by atoms with Gasteiger partial charge < -0.3 is 10.1 Å². The average Bonchev–Trinajstić information content (AvgIpc) is 3.23. The van der Waals surface area contributed by atoms with Crippen LogP contribution in [0.1, 0.15) is 36.0 Å². The summed E-state index contributed by atoms with van der Waals surface area (Å²) in [6, 6.07) is 9.47. The highest BCUT2D eigenvalue weighted by atomic mass is 32.1. The third-order valence-electron chi connectivity index (χ3n) is 3.78. The maximum Gasteiger partial charge on any atom is 0.234 e. The van der Waals surface area contributed by atoms with Crippen molar-refractivity contribution < 1.29 is 9.53 Å². The number of nitrogens with zero attached hydrogens (tertiary/aromatic N) is 4. The second kappa shape index (κ2) is 6.56. The highest BCUT2D eigenvalue weighted by Crippen LogP contribution is 2.39. The first-order chi connectivity index (χ1) is 11.8. The van der Waals surface area contributed by atoms with Gasteiger partial charge in [0.25, 0.3) is 0 Å². The molecule has 2 aromatic heterocycles. The molecule has 1 aliphatic rings. The maximum atomic E-state index is 11.9. The lowest BCUT2D eigenvalue weighted by atomic mass is 10.3. The minimum atomic E-state index is -0.0562. The van der Waals surface area contributed by atoms with Crippen molar-refractivity contribution in [3.8, 4) is 5.75 Å². The van der Waals surface area contributed by atoms with Gasteiger partial charge in [0.2, 0.25) is 10.9 Å². The third-order valence-corrected chi connectivity index (χ3v) is 4.68. The van der Waals surface area contributed by atoms with E-state index in [0.29, 0.717) is 25.5 Å². The molecule has 8 heteroatoms. The fourth-order valence-corrected chi connectivity index (χ4v) is 3.16. The molecule has 7 nitrogen and oxygen atoms in total. The van der Waals surface area contributed by atoms with Gasteiger partial charge in [-0.1, -0.05) is 29.5 Å². The van der Waals surface area contributed by atoms with E-state index in [9.17, 15) is 4.79 Å². The van der Waals surface area contributed by atoms with Gasteiger partial charge in [-0.2, -0.15) is 9.61 Å². The first-order valence-corrected chi connectivity index (χ1v) is 8.77. The van der Waals surface area contributed by atoms with Crippen molar-refractivity contribution in [2.75, 3.05) is 6.61 Å². The highest BCUT2D eigenvalue weighted by molar-refractivity contribution is 7.16. The second-order valence-electron chi connectivity index (χ2n) is 5.71. The lowest BCUT2D eigenvalue weighted by Crippen LogP contribution is -2.24. The van der Waals surface area contributed by atoms with Crippen LogP contribution in [0, 0.1) is 0 Å². The Labute approximate surface area is 142 Å². The van der Waals surface area contributed by atoms with Gasteiger partial charge in [-0.15, -0.1) is 10.2 Å². The molecule has 0 radical (unpaired) electrons. The van der Waals surface area contributed by atoms with Crippen LogP contribution in [0.2, 0.25) is 0 Å². The molecule has 1 fully saturated rings. The predicted molar refractivity (Wildman–Crippen MR) is 89.0 cm³/mol. The molecule has 0 unspecified atom stereocenters. The lowest BCUT2D eigenvalue weighted by molar-refractivity contribution is -0.121. The number of ether oxygens (including phenoxy) is 1. The monoisotopic (exact) mass is 343 g/mol. The fourth-order valence-electron chi connectivity index (χ4n) is 2.38. The standard InChI is InChI=1S/C16H17N5O2S/c22-13(8-9-23-12-4-2-1-3-5-12)17-10-14-20-21-15(11-6-7-11)18-19-16(21)24-14/h1-5,11H,6-10H2,(H,17,22). The first kappa shape index (κ1) is 15.1. The number of hydrogen-bond donors (Lipinski definition) is 1. The SMILES string of the molecule is O=C(CCOc1ccccc1)NCc1nn2c(C3CC3)nnc2s1. The summed E-state index contributed by atoms with van der Waals surface area (Å²) in [4.78, 5) is 12.7. The Balaban J connectivity index is 1.26. The largest absolute Gasteiger partial charge is 0.493 e. The molecule has 1 amide bonds. The number of para-hydroxylation sites is 1. The van der Waals surface area contributed by atoms with Crippen LogP contribution in [-0.4, -0.2) is 32.3 Å². The lowest BCUT2D eigenvalue weighted by Gasteiger charge is -2.06. The van der Waals surface area contributed by atoms with Gasteiger partial charge in [-0.25, -0.2) is 0 Å². The first-order valence-electron chi connectivity index (χ1n) is 7.95. The van der Waals surface area contributed by atoms with Crippen molar-refractivity contribution in [3.63, 3.8) is 0 Å². The van der Waals surface area contributed by atoms with Crippen LogP contribution in [0.4, 0.5) is 0 Å². The summed E-state index contributed by atoms with van der Waals surface area (Å²) in [6.07, 6.45) is 2.63. The van der Waals surface area contributed by atoms with Crippen molar-refractivity contribution in [2.24, 2.45) is 0 Å². The van der Waals surface area contributed by atoms with E-state index in [1.807, 2.05) is 34.8 Å². The summed E-state index contributed by atoms with van der Waals surface area (Å²) in [5, 5.41) is 16.5. The smallest absolute Gasteiger partial charge is 0.234 e. The van der Waals surface area contributed by atoms with E-state index in [0.717, 1.165) is 34.4 Å².